The summed E-state index contributed by atoms with van der Waals surface area (Å²) in [5, 5.41) is 1.85. The lowest BCUT2D eigenvalue weighted by Gasteiger charge is -2.16. The van der Waals surface area contributed by atoms with Crippen LogP contribution < -0.4 is 10.2 Å². The fraction of sp³-hybridized carbons (Fsp3) is 0.300. The molecule has 1 unspecified atom stereocenters. The summed E-state index contributed by atoms with van der Waals surface area (Å²) in [6.45, 7) is 3.58. The van der Waals surface area contributed by atoms with E-state index in [1.54, 1.807) is 35.2 Å². The zero-order valence-corrected chi connectivity index (χ0v) is 18.0. The predicted molar refractivity (Wildman–Crippen MR) is 112 cm³/mol. The first-order valence-corrected chi connectivity index (χ1v) is 11.2. The molecule has 8 heteroatoms. The first-order valence-electron chi connectivity index (χ1n) is 8.89. The molecule has 3 rings (SSSR count). The van der Waals surface area contributed by atoms with Crippen LogP contribution in [-0.4, -0.2) is 32.0 Å². The predicted octanol–water partition coefficient (Wildman–Crippen LogP) is 3.55. The van der Waals surface area contributed by atoms with E-state index < -0.39 is 15.1 Å². The van der Waals surface area contributed by atoms with E-state index in [2.05, 4.69) is 21.2 Å². The molecular weight excluding hydrogens is 444 g/mol. The van der Waals surface area contributed by atoms with Crippen LogP contribution in [0.25, 0.3) is 0 Å². The molecular formula is C20H21BrN2O4S. The Morgan fingerprint density at radius 3 is 2.64 bits per heavy atom. The Bertz CT molecular complexity index is 1040. The molecule has 0 saturated carbocycles. The minimum absolute atomic E-state index is 0.0630. The highest BCUT2D eigenvalue weighted by molar-refractivity contribution is 9.10. The SMILES string of the molecule is CC(=O)N1CCc2cc(S(=O)(=O)C(C)CC(=O)Nc3cccc(Br)c3)ccc21. The monoisotopic (exact) mass is 464 g/mol. The van der Waals surface area contributed by atoms with Crippen molar-refractivity contribution >= 4 is 49.0 Å². The van der Waals surface area contributed by atoms with Crippen LogP contribution in [0.15, 0.2) is 51.8 Å². The number of fused-ring (bicyclic) bond motifs is 1. The molecule has 1 heterocycles. The van der Waals surface area contributed by atoms with Crippen LogP contribution in [0.4, 0.5) is 11.4 Å². The minimum Gasteiger partial charge on any atom is -0.326 e. The van der Waals surface area contributed by atoms with Crippen LogP contribution in [0, 0.1) is 0 Å². The molecule has 0 saturated heterocycles. The molecule has 0 aliphatic carbocycles. The number of amides is 2. The molecule has 0 fully saturated rings. The highest BCUT2D eigenvalue weighted by atomic mass is 79.9. The van der Waals surface area contributed by atoms with E-state index in [0.717, 1.165) is 15.7 Å². The molecule has 1 aliphatic rings. The molecule has 2 amide bonds. The molecule has 2 aromatic rings. The summed E-state index contributed by atoms with van der Waals surface area (Å²) in [5.74, 6) is -0.426. The first-order chi connectivity index (χ1) is 13.2. The van der Waals surface area contributed by atoms with E-state index in [0.29, 0.717) is 18.7 Å². The molecule has 0 bridgehead atoms. The topological polar surface area (TPSA) is 83.6 Å². The average molecular weight is 465 g/mol. The highest BCUT2D eigenvalue weighted by Gasteiger charge is 2.29. The Morgan fingerprint density at radius 2 is 1.96 bits per heavy atom. The summed E-state index contributed by atoms with van der Waals surface area (Å²) in [6, 6.07) is 11.9. The molecule has 148 valence electrons. The molecule has 1 N–H and O–H groups in total. The second kappa shape index (κ2) is 8.05. The Kier molecular flexibility index (Phi) is 5.90. The Balaban J connectivity index is 1.73. The molecule has 0 radical (unpaired) electrons. The van der Waals surface area contributed by atoms with Crippen molar-refractivity contribution in [2.24, 2.45) is 0 Å². The highest BCUT2D eigenvalue weighted by Crippen LogP contribution is 2.31. The molecule has 1 atom stereocenters. The van der Waals surface area contributed by atoms with Crippen molar-refractivity contribution in [1.29, 1.82) is 0 Å². The van der Waals surface area contributed by atoms with Crippen molar-refractivity contribution in [3.05, 3.63) is 52.5 Å². The molecule has 0 spiro atoms. The second-order valence-electron chi connectivity index (χ2n) is 6.83. The van der Waals surface area contributed by atoms with Gasteiger partial charge in [-0.25, -0.2) is 8.42 Å². The van der Waals surface area contributed by atoms with Gasteiger partial charge in [0.1, 0.15) is 0 Å². The van der Waals surface area contributed by atoms with Gasteiger partial charge in [0.05, 0.1) is 10.1 Å². The van der Waals surface area contributed by atoms with Crippen molar-refractivity contribution in [3.8, 4) is 0 Å². The van der Waals surface area contributed by atoms with Gasteiger partial charge < -0.3 is 10.2 Å². The maximum Gasteiger partial charge on any atom is 0.225 e. The summed E-state index contributed by atoms with van der Waals surface area (Å²) in [7, 11) is -3.67. The second-order valence-corrected chi connectivity index (χ2v) is 10.1. The maximum atomic E-state index is 12.9. The lowest BCUT2D eigenvalue weighted by Crippen LogP contribution is -2.26. The molecule has 28 heavy (non-hydrogen) atoms. The summed E-state index contributed by atoms with van der Waals surface area (Å²) >= 11 is 3.33. The van der Waals surface area contributed by atoms with E-state index >= 15 is 0 Å². The van der Waals surface area contributed by atoms with Crippen molar-refractivity contribution in [1.82, 2.24) is 0 Å². The van der Waals surface area contributed by atoms with Crippen LogP contribution in [0.1, 0.15) is 25.8 Å². The normalized spacial score (nSPS) is 14.5. The van der Waals surface area contributed by atoms with Gasteiger partial charge in [-0.15, -0.1) is 0 Å². The van der Waals surface area contributed by atoms with Crippen molar-refractivity contribution in [2.45, 2.75) is 36.8 Å². The van der Waals surface area contributed by atoms with Gasteiger partial charge in [0.25, 0.3) is 0 Å². The molecule has 2 aromatic carbocycles. The Hall–Kier alpha value is -2.19. The van der Waals surface area contributed by atoms with Gasteiger partial charge in [0.15, 0.2) is 9.84 Å². The van der Waals surface area contributed by atoms with Gasteiger partial charge in [-0.05, 0) is 55.3 Å². The molecule has 6 nitrogen and oxygen atoms in total. The quantitative estimate of drug-likeness (QED) is 0.732. The number of nitrogens with one attached hydrogen (secondary N) is 1. The number of anilines is 2. The number of halogens is 1. The fourth-order valence-corrected chi connectivity index (χ4v) is 5.06. The van der Waals surface area contributed by atoms with Gasteiger partial charge in [0.2, 0.25) is 11.8 Å². The van der Waals surface area contributed by atoms with E-state index in [4.69, 9.17) is 0 Å². The number of rotatable bonds is 5. The van der Waals surface area contributed by atoms with Gasteiger partial charge in [-0.2, -0.15) is 0 Å². The molecule has 1 aliphatic heterocycles. The number of sulfone groups is 1. The smallest absolute Gasteiger partial charge is 0.225 e. The summed E-state index contributed by atoms with van der Waals surface area (Å²) in [4.78, 5) is 25.8. The summed E-state index contributed by atoms with van der Waals surface area (Å²) in [6.07, 6.45) is 0.474. The van der Waals surface area contributed by atoms with Gasteiger partial charge in [0, 0.05) is 35.7 Å². The summed E-state index contributed by atoms with van der Waals surface area (Å²) < 4.78 is 26.7. The zero-order valence-electron chi connectivity index (χ0n) is 15.6. The number of nitrogens with zero attached hydrogens (tertiary/aromatic N) is 1. The number of benzene rings is 2. The Morgan fingerprint density at radius 1 is 1.21 bits per heavy atom. The maximum absolute atomic E-state index is 12.9. The summed E-state index contributed by atoms with van der Waals surface area (Å²) in [5.41, 5.74) is 2.19. The number of carbonyl (C=O) groups excluding carboxylic acids is 2. The van der Waals surface area contributed by atoms with Gasteiger partial charge in [-0.1, -0.05) is 22.0 Å². The molecule has 0 aromatic heterocycles. The third-order valence-corrected chi connectivity index (χ3v) is 7.40. The van der Waals surface area contributed by atoms with E-state index in [9.17, 15) is 18.0 Å². The average Bonchev–Trinajstić information content (AvgIpc) is 3.05. The van der Waals surface area contributed by atoms with Gasteiger partial charge >= 0.3 is 0 Å². The Labute approximate surface area is 173 Å². The van der Waals surface area contributed by atoms with Crippen LogP contribution in [0.5, 0.6) is 0 Å². The van der Waals surface area contributed by atoms with E-state index in [1.165, 1.54) is 19.9 Å². The number of hydrogen-bond acceptors (Lipinski definition) is 4. The van der Waals surface area contributed by atoms with Crippen LogP contribution >= 0.6 is 15.9 Å². The van der Waals surface area contributed by atoms with Crippen LogP contribution in [-0.2, 0) is 25.8 Å². The van der Waals surface area contributed by atoms with E-state index in [1.807, 2.05) is 6.07 Å². The lowest BCUT2D eigenvalue weighted by molar-refractivity contribution is -0.117. The largest absolute Gasteiger partial charge is 0.326 e. The van der Waals surface area contributed by atoms with E-state index in [-0.39, 0.29) is 23.1 Å². The standard InChI is InChI=1S/C20H21BrN2O4S/c1-13(10-20(25)22-17-5-3-4-16(21)12-17)28(26,27)18-6-7-19-15(11-18)8-9-23(19)14(2)24/h3-7,11-13H,8-10H2,1-2H3,(H,22,25). The number of carbonyl (C=O) groups is 2. The lowest BCUT2D eigenvalue weighted by atomic mass is 10.2. The van der Waals surface area contributed by atoms with Crippen molar-refractivity contribution in [2.75, 3.05) is 16.8 Å². The van der Waals surface area contributed by atoms with Crippen molar-refractivity contribution in [3.63, 3.8) is 0 Å². The minimum atomic E-state index is -3.67. The number of hydrogen-bond donors (Lipinski definition) is 1. The zero-order chi connectivity index (χ0) is 20.5. The van der Waals surface area contributed by atoms with Crippen LogP contribution in [0.2, 0.25) is 0 Å². The fourth-order valence-electron chi connectivity index (χ4n) is 3.26. The third-order valence-electron chi connectivity index (χ3n) is 4.77. The van der Waals surface area contributed by atoms with Crippen molar-refractivity contribution < 1.29 is 18.0 Å². The first kappa shape index (κ1) is 20.5. The van der Waals surface area contributed by atoms with Gasteiger partial charge in [-0.3, -0.25) is 9.59 Å². The van der Waals surface area contributed by atoms with Crippen LogP contribution in [0.3, 0.4) is 0 Å². The third kappa shape index (κ3) is 4.28.